The minimum absolute atomic E-state index is 0.253. The van der Waals surface area contributed by atoms with Crippen molar-refractivity contribution in [2.75, 3.05) is 13.2 Å². The Morgan fingerprint density at radius 2 is 1.93 bits per heavy atom. The van der Waals surface area contributed by atoms with Gasteiger partial charge in [0.15, 0.2) is 11.4 Å². The van der Waals surface area contributed by atoms with Crippen LogP contribution in [0.15, 0.2) is 35.3 Å². The van der Waals surface area contributed by atoms with Crippen molar-refractivity contribution in [3.63, 3.8) is 0 Å². The first-order valence-corrected chi connectivity index (χ1v) is 9.94. The van der Waals surface area contributed by atoms with Crippen LogP contribution in [-0.4, -0.2) is 33.9 Å². The van der Waals surface area contributed by atoms with Gasteiger partial charge in [-0.25, -0.2) is 0 Å². The van der Waals surface area contributed by atoms with E-state index in [2.05, 4.69) is 22.5 Å². The molecular formula is C21H27N3O4. The zero-order chi connectivity index (χ0) is 19.8. The fourth-order valence-corrected chi connectivity index (χ4v) is 3.24. The highest BCUT2D eigenvalue weighted by Crippen LogP contribution is 2.16. The molecule has 150 valence electrons. The molecule has 0 spiro atoms. The molecule has 1 aromatic heterocycles. The summed E-state index contributed by atoms with van der Waals surface area (Å²) in [4.78, 5) is 24.3. The standard InChI is InChI=1S/C21H27N3O4/c25-18-15-24-12-5-1-3-8-16-9-7-10-17(14-16)28-13-6-2-4-11-22-21(27)19(23-24)20(18)26/h7,9-10,14-15,25H,1-6,8,11-13H2,(H,22,27). The Morgan fingerprint density at radius 3 is 2.82 bits per heavy atom. The second kappa shape index (κ2) is 9.92. The number of nitrogens with zero attached hydrogens (tertiary/aromatic N) is 2. The Morgan fingerprint density at radius 1 is 1.07 bits per heavy atom. The van der Waals surface area contributed by atoms with E-state index < -0.39 is 17.1 Å². The largest absolute Gasteiger partial charge is 0.503 e. The van der Waals surface area contributed by atoms with Crippen LogP contribution in [0.1, 0.15) is 54.6 Å². The molecule has 0 atom stereocenters. The van der Waals surface area contributed by atoms with Crippen LogP contribution >= 0.6 is 0 Å². The number of ether oxygens (including phenoxy) is 1. The SMILES string of the molecule is O=C1NCCCCCOc2cccc(c2)CCCCCn2cc(O)c(=O)c1n2. The fraction of sp³-hybridized carbons (Fsp3) is 0.476. The van der Waals surface area contributed by atoms with Crippen molar-refractivity contribution in [3.8, 4) is 11.5 Å². The molecule has 1 aliphatic rings. The van der Waals surface area contributed by atoms with E-state index in [0.717, 1.165) is 50.7 Å². The lowest BCUT2D eigenvalue weighted by atomic mass is 10.1. The van der Waals surface area contributed by atoms with Crippen molar-refractivity contribution >= 4 is 5.91 Å². The Balaban J connectivity index is 1.70. The maximum atomic E-state index is 12.3. The lowest BCUT2D eigenvalue weighted by Gasteiger charge is -2.09. The number of hydrogen-bond donors (Lipinski definition) is 2. The van der Waals surface area contributed by atoms with Crippen LogP contribution in [0.25, 0.3) is 0 Å². The third-order valence-corrected chi connectivity index (χ3v) is 4.79. The second-order valence-corrected chi connectivity index (χ2v) is 7.08. The first-order chi connectivity index (χ1) is 13.6. The summed E-state index contributed by atoms with van der Waals surface area (Å²) in [6, 6.07) is 8.22. The van der Waals surface area contributed by atoms with Crippen LogP contribution in [0.4, 0.5) is 0 Å². The summed E-state index contributed by atoms with van der Waals surface area (Å²) in [6.07, 6.45) is 7.66. The summed E-state index contributed by atoms with van der Waals surface area (Å²) >= 11 is 0. The van der Waals surface area contributed by atoms with E-state index in [1.807, 2.05) is 12.1 Å². The highest BCUT2D eigenvalue weighted by Gasteiger charge is 2.16. The van der Waals surface area contributed by atoms with Crippen molar-refractivity contribution in [2.45, 2.75) is 51.5 Å². The number of carbonyl (C=O) groups excluding carboxylic acids is 1. The van der Waals surface area contributed by atoms with Crippen LogP contribution in [-0.2, 0) is 13.0 Å². The number of aromatic hydroxyl groups is 1. The van der Waals surface area contributed by atoms with Crippen molar-refractivity contribution in [2.24, 2.45) is 0 Å². The number of fused-ring (bicyclic) bond motifs is 4. The van der Waals surface area contributed by atoms with Gasteiger partial charge in [-0.2, -0.15) is 5.10 Å². The summed E-state index contributed by atoms with van der Waals surface area (Å²) in [5.74, 6) is -0.0854. The van der Waals surface area contributed by atoms with Gasteiger partial charge in [0, 0.05) is 13.1 Å². The van der Waals surface area contributed by atoms with Crippen molar-refractivity contribution < 1.29 is 14.6 Å². The molecule has 2 heterocycles. The Labute approximate surface area is 164 Å². The lowest BCUT2D eigenvalue weighted by molar-refractivity contribution is 0.0943. The Hall–Kier alpha value is -2.83. The minimum Gasteiger partial charge on any atom is -0.503 e. The monoisotopic (exact) mass is 385 g/mol. The van der Waals surface area contributed by atoms with Gasteiger partial charge in [-0.1, -0.05) is 18.6 Å². The van der Waals surface area contributed by atoms with E-state index in [-0.39, 0.29) is 5.69 Å². The normalized spacial score (nSPS) is 16.8. The highest BCUT2D eigenvalue weighted by molar-refractivity contribution is 5.92. The molecule has 2 N–H and O–H groups in total. The molecule has 0 saturated heterocycles. The van der Waals surface area contributed by atoms with Crippen LogP contribution in [0, 0.1) is 0 Å². The van der Waals surface area contributed by atoms with Gasteiger partial charge in [-0.3, -0.25) is 14.3 Å². The average molecular weight is 385 g/mol. The van der Waals surface area contributed by atoms with Crippen LogP contribution in [0.2, 0.25) is 0 Å². The van der Waals surface area contributed by atoms with Gasteiger partial charge in [-0.05, 0) is 56.2 Å². The maximum Gasteiger partial charge on any atom is 0.275 e. The topological polar surface area (TPSA) is 93.5 Å². The average Bonchev–Trinajstić information content (AvgIpc) is 2.69. The molecule has 7 nitrogen and oxygen atoms in total. The summed E-state index contributed by atoms with van der Waals surface area (Å²) in [5, 5.41) is 16.7. The van der Waals surface area contributed by atoms with Crippen LogP contribution in [0.5, 0.6) is 11.5 Å². The van der Waals surface area contributed by atoms with Gasteiger partial charge in [-0.15, -0.1) is 0 Å². The third-order valence-electron chi connectivity index (χ3n) is 4.79. The van der Waals surface area contributed by atoms with Gasteiger partial charge in [0.05, 0.1) is 12.8 Å². The lowest BCUT2D eigenvalue weighted by Crippen LogP contribution is -2.32. The summed E-state index contributed by atoms with van der Waals surface area (Å²) in [5.41, 5.74) is 0.274. The van der Waals surface area contributed by atoms with E-state index in [1.54, 1.807) is 0 Å². The number of nitrogens with one attached hydrogen (secondary N) is 1. The molecule has 0 aliphatic carbocycles. The molecule has 1 aromatic carbocycles. The molecule has 0 saturated carbocycles. The van der Waals surface area contributed by atoms with Crippen molar-refractivity contribution in [1.29, 1.82) is 0 Å². The number of carbonyl (C=O) groups is 1. The first kappa shape index (κ1) is 19.9. The number of amides is 1. The third kappa shape index (κ3) is 5.58. The van der Waals surface area contributed by atoms with E-state index in [4.69, 9.17) is 4.74 Å². The molecule has 0 fully saturated rings. The zero-order valence-corrected chi connectivity index (χ0v) is 16.0. The minimum atomic E-state index is -0.729. The summed E-state index contributed by atoms with van der Waals surface area (Å²) < 4.78 is 7.30. The molecule has 28 heavy (non-hydrogen) atoms. The smallest absolute Gasteiger partial charge is 0.275 e. The zero-order valence-electron chi connectivity index (χ0n) is 16.0. The van der Waals surface area contributed by atoms with Gasteiger partial charge in [0.2, 0.25) is 0 Å². The number of hydrogen-bond acceptors (Lipinski definition) is 5. The van der Waals surface area contributed by atoms with Gasteiger partial charge >= 0.3 is 0 Å². The molecule has 2 aromatic rings. The molecule has 3 rings (SSSR count). The molecule has 1 aliphatic heterocycles. The summed E-state index contributed by atoms with van der Waals surface area (Å²) in [6.45, 7) is 1.62. The van der Waals surface area contributed by atoms with E-state index in [1.165, 1.54) is 16.4 Å². The van der Waals surface area contributed by atoms with Gasteiger partial charge < -0.3 is 15.2 Å². The molecular weight excluding hydrogens is 358 g/mol. The number of rotatable bonds is 0. The molecule has 7 heteroatoms. The number of aromatic nitrogens is 2. The molecule has 0 radical (unpaired) electrons. The van der Waals surface area contributed by atoms with E-state index in [0.29, 0.717) is 19.7 Å². The second-order valence-electron chi connectivity index (χ2n) is 7.08. The van der Waals surface area contributed by atoms with Crippen LogP contribution in [0.3, 0.4) is 0 Å². The van der Waals surface area contributed by atoms with E-state index in [9.17, 15) is 14.7 Å². The maximum absolute atomic E-state index is 12.3. The molecule has 4 bridgehead atoms. The molecule has 1 amide bonds. The Bertz CT molecular complexity index is 863. The van der Waals surface area contributed by atoms with Gasteiger partial charge in [0.25, 0.3) is 11.3 Å². The Kier molecular flexibility index (Phi) is 7.06. The first-order valence-electron chi connectivity index (χ1n) is 9.94. The predicted octanol–water partition coefficient (Wildman–Crippen LogP) is 2.65. The highest BCUT2D eigenvalue weighted by atomic mass is 16.5. The number of aryl methyl sites for hydroxylation is 2. The number of benzene rings is 1. The summed E-state index contributed by atoms with van der Waals surface area (Å²) in [7, 11) is 0. The quantitative estimate of drug-likeness (QED) is 0.727. The fourth-order valence-electron chi connectivity index (χ4n) is 3.24. The van der Waals surface area contributed by atoms with Gasteiger partial charge in [0.1, 0.15) is 5.75 Å². The van der Waals surface area contributed by atoms with Crippen molar-refractivity contribution in [1.82, 2.24) is 15.1 Å². The van der Waals surface area contributed by atoms with Crippen LogP contribution < -0.4 is 15.5 Å². The molecule has 0 unspecified atom stereocenters. The van der Waals surface area contributed by atoms with Crippen molar-refractivity contribution in [3.05, 3.63) is 51.9 Å². The predicted molar refractivity (Wildman–Crippen MR) is 106 cm³/mol. The van der Waals surface area contributed by atoms with E-state index >= 15 is 0 Å².